The Balaban J connectivity index is 1.65. The van der Waals surface area contributed by atoms with E-state index in [2.05, 4.69) is 42.9 Å². The van der Waals surface area contributed by atoms with Gasteiger partial charge < -0.3 is 15.0 Å². The minimum Gasteiger partial charge on any atom is -0.424 e. The Morgan fingerprint density at radius 3 is 2.55 bits per heavy atom. The van der Waals surface area contributed by atoms with Gasteiger partial charge in [0.2, 0.25) is 0 Å². The van der Waals surface area contributed by atoms with Crippen LogP contribution in [0.3, 0.4) is 0 Å². The Morgan fingerprint density at radius 2 is 1.91 bits per heavy atom. The first-order valence-corrected chi connectivity index (χ1v) is 7.49. The maximum absolute atomic E-state index is 12.0. The number of carbonyl (C=O) groups excluding carboxylic acids is 1. The fourth-order valence-corrected chi connectivity index (χ4v) is 2.21. The summed E-state index contributed by atoms with van der Waals surface area (Å²) in [7, 11) is 0. The lowest BCUT2D eigenvalue weighted by Gasteiger charge is -2.06. The molecule has 110 valence electrons. The van der Waals surface area contributed by atoms with E-state index in [1.807, 2.05) is 0 Å². The van der Waals surface area contributed by atoms with Crippen molar-refractivity contribution in [1.82, 2.24) is 15.0 Å². The van der Waals surface area contributed by atoms with Gasteiger partial charge in [-0.25, -0.2) is 9.97 Å². The number of nitrogens with zero attached hydrogens (tertiary/aromatic N) is 2. The molecule has 0 aliphatic rings. The van der Waals surface area contributed by atoms with Crippen LogP contribution in [0.5, 0.6) is 11.8 Å². The van der Waals surface area contributed by atoms with Crippen LogP contribution >= 0.6 is 22.6 Å². The molecule has 0 bridgehead atoms. The first-order valence-electron chi connectivity index (χ1n) is 6.41. The molecule has 7 heteroatoms. The van der Waals surface area contributed by atoms with Gasteiger partial charge in [-0.05, 0) is 59.0 Å². The lowest BCUT2D eigenvalue weighted by molar-refractivity contribution is 0.102. The van der Waals surface area contributed by atoms with Crippen molar-refractivity contribution in [3.63, 3.8) is 0 Å². The molecule has 2 N–H and O–H groups in total. The summed E-state index contributed by atoms with van der Waals surface area (Å²) in [6, 6.07) is 10.8. The second kappa shape index (κ2) is 6.56. The lowest BCUT2D eigenvalue weighted by atomic mass is 10.3. The fraction of sp³-hybridized carbons (Fsp3) is 0. The van der Waals surface area contributed by atoms with Gasteiger partial charge in [0, 0.05) is 27.8 Å². The van der Waals surface area contributed by atoms with Crippen LogP contribution in [0.15, 0.2) is 55.0 Å². The summed E-state index contributed by atoms with van der Waals surface area (Å²) < 4.78 is 6.47. The molecule has 1 aromatic carbocycles. The molecule has 6 nitrogen and oxygen atoms in total. The third-order valence-corrected chi connectivity index (χ3v) is 3.38. The number of halogens is 1. The number of carbonyl (C=O) groups is 1. The highest BCUT2D eigenvalue weighted by molar-refractivity contribution is 14.1. The van der Waals surface area contributed by atoms with Gasteiger partial charge in [0.1, 0.15) is 11.4 Å². The lowest BCUT2D eigenvalue weighted by Crippen LogP contribution is -2.11. The van der Waals surface area contributed by atoms with Gasteiger partial charge in [-0.1, -0.05) is 0 Å². The second-order valence-corrected chi connectivity index (χ2v) is 5.59. The van der Waals surface area contributed by atoms with E-state index in [-0.39, 0.29) is 11.9 Å². The normalized spacial score (nSPS) is 10.2. The molecule has 0 aliphatic heterocycles. The maximum atomic E-state index is 12.0. The molecule has 2 heterocycles. The molecule has 1 amide bonds. The molecule has 22 heavy (non-hydrogen) atoms. The number of hydrogen-bond donors (Lipinski definition) is 2. The summed E-state index contributed by atoms with van der Waals surface area (Å²) in [5.74, 6) is 0.404. The Labute approximate surface area is 140 Å². The van der Waals surface area contributed by atoms with E-state index in [9.17, 15) is 4.79 Å². The van der Waals surface area contributed by atoms with Crippen molar-refractivity contribution < 1.29 is 9.53 Å². The van der Waals surface area contributed by atoms with Crippen LogP contribution < -0.4 is 10.1 Å². The van der Waals surface area contributed by atoms with Crippen molar-refractivity contribution in [3.05, 3.63) is 64.3 Å². The van der Waals surface area contributed by atoms with E-state index >= 15 is 0 Å². The third-order valence-electron chi connectivity index (χ3n) is 2.76. The van der Waals surface area contributed by atoms with E-state index in [0.29, 0.717) is 17.1 Å². The first kappa shape index (κ1) is 14.5. The predicted molar refractivity (Wildman–Crippen MR) is 90.0 cm³/mol. The van der Waals surface area contributed by atoms with Gasteiger partial charge in [-0.15, -0.1) is 0 Å². The van der Waals surface area contributed by atoms with Crippen molar-refractivity contribution in [3.8, 4) is 11.8 Å². The zero-order chi connectivity index (χ0) is 15.4. The first-order chi connectivity index (χ1) is 10.7. The van der Waals surface area contributed by atoms with Gasteiger partial charge in [-0.3, -0.25) is 4.79 Å². The average Bonchev–Trinajstić information content (AvgIpc) is 2.97. The Hall–Kier alpha value is -2.42. The number of aromatic amines is 1. The molecule has 3 rings (SSSR count). The maximum Gasteiger partial charge on any atom is 0.321 e. The summed E-state index contributed by atoms with van der Waals surface area (Å²) >= 11 is 2.14. The van der Waals surface area contributed by atoms with Crippen molar-refractivity contribution >= 4 is 34.2 Å². The number of anilines is 1. The zero-order valence-electron chi connectivity index (χ0n) is 11.3. The minimum absolute atomic E-state index is 0.192. The molecule has 0 saturated carbocycles. The molecule has 3 aromatic rings. The topological polar surface area (TPSA) is 79.9 Å². The van der Waals surface area contributed by atoms with Crippen molar-refractivity contribution in [2.24, 2.45) is 0 Å². The number of aromatic nitrogens is 3. The number of ether oxygens (including phenoxy) is 1. The average molecular weight is 406 g/mol. The van der Waals surface area contributed by atoms with Crippen LogP contribution in [-0.2, 0) is 0 Å². The largest absolute Gasteiger partial charge is 0.424 e. The molecule has 0 aliphatic carbocycles. The highest BCUT2D eigenvalue weighted by atomic mass is 127. The van der Waals surface area contributed by atoms with E-state index in [0.717, 1.165) is 3.57 Å². The van der Waals surface area contributed by atoms with Gasteiger partial charge in [0.25, 0.3) is 5.91 Å². The van der Waals surface area contributed by atoms with E-state index in [1.165, 1.54) is 0 Å². The van der Waals surface area contributed by atoms with Crippen LogP contribution in [0.1, 0.15) is 10.5 Å². The number of amides is 1. The molecular formula is C15H11IN4O2. The van der Waals surface area contributed by atoms with Crippen LogP contribution in [0.4, 0.5) is 5.69 Å². The van der Waals surface area contributed by atoms with Crippen LogP contribution in [0, 0.1) is 3.57 Å². The van der Waals surface area contributed by atoms with Gasteiger partial charge in [0.15, 0.2) is 0 Å². The monoisotopic (exact) mass is 406 g/mol. The molecule has 0 unspecified atom stereocenters. The number of benzene rings is 1. The van der Waals surface area contributed by atoms with Crippen molar-refractivity contribution in [2.45, 2.75) is 0 Å². The highest BCUT2D eigenvalue weighted by Gasteiger charge is 2.08. The summed E-state index contributed by atoms with van der Waals surface area (Å²) in [4.78, 5) is 22.9. The molecular weight excluding hydrogens is 395 g/mol. The summed E-state index contributed by atoms with van der Waals surface area (Å²) in [6.07, 6.45) is 4.98. The Bertz CT molecular complexity index is 772. The van der Waals surface area contributed by atoms with Crippen LogP contribution in [0.2, 0.25) is 0 Å². The number of rotatable bonds is 4. The molecule has 0 saturated heterocycles. The van der Waals surface area contributed by atoms with E-state index in [1.54, 1.807) is 55.0 Å². The standard InChI is InChI=1S/C15H11IN4O2/c16-10-8-13(19-9-10)14(21)20-11-2-4-12(5-3-11)22-15-17-6-1-7-18-15/h1-9,19H,(H,20,21). The predicted octanol–water partition coefficient (Wildman–Crippen LogP) is 3.45. The molecule has 0 radical (unpaired) electrons. The Kier molecular flexibility index (Phi) is 4.33. The van der Waals surface area contributed by atoms with E-state index in [4.69, 9.17) is 4.74 Å². The smallest absolute Gasteiger partial charge is 0.321 e. The SMILES string of the molecule is O=C(Nc1ccc(Oc2ncccn2)cc1)c1cc(I)c[nH]1. The summed E-state index contributed by atoms with van der Waals surface area (Å²) in [6.45, 7) is 0. The minimum atomic E-state index is -0.192. The molecule has 0 spiro atoms. The fourth-order valence-electron chi connectivity index (χ4n) is 1.75. The Morgan fingerprint density at radius 1 is 1.18 bits per heavy atom. The van der Waals surface area contributed by atoms with Gasteiger partial charge in [-0.2, -0.15) is 0 Å². The van der Waals surface area contributed by atoms with E-state index < -0.39 is 0 Å². The highest BCUT2D eigenvalue weighted by Crippen LogP contribution is 2.20. The molecule has 2 aromatic heterocycles. The third kappa shape index (κ3) is 3.61. The van der Waals surface area contributed by atoms with Gasteiger partial charge in [0.05, 0.1) is 0 Å². The van der Waals surface area contributed by atoms with Crippen molar-refractivity contribution in [1.29, 1.82) is 0 Å². The van der Waals surface area contributed by atoms with Crippen LogP contribution in [-0.4, -0.2) is 20.9 Å². The van der Waals surface area contributed by atoms with Gasteiger partial charge >= 0.3 is 6.01 Å². The number of H-pyrrole nitrogens is 1. The van der Waals surface area contributed by atoms with Crippen molar-refractivity contribution in [2.75, 3.05) is 5.32 Å². The number of hydrogen-bond acceptors (Lipinski definition) is 4. The molecule has 0 fully saturated rings. The second-order valence-electron chi connectivity index (χ2n) is 4.34. The number of nitrogens with one attached hydrogen (secondary N) is 2. The quantitative estimate of drug-likeness (QED) is 0.651. The van der Waals surface area contributed by atoms with Crippen LogP contribution in [0.25, 0.3) is 0 Å². The molecule has 0 atom stereocenters. The zero-order valence-corrected chi connectivity index (χ0v) is 13.4. The summed E-state index contributed by atoms with van der Waals surface area (Å²) in [5, 5.41) is 2.80. The summed E-state index contributed by atoms with van der Waals surface area (Å²) in [5.41, 5.74) is 1.19.